The van der Waals surface area contributed by atoms with Gasteiger partial charge in [0.2, 0.25) is 0 Å². The number of hydrogen-bond acceptors (Lipinski definition) is 2. The van der Waals surface area contributed by atoms with Crippen molar-refractivity contribution in [2.75, 3.05) is 33.9 Å². The molecule has 29 heavy (non-hydrogen) atoms. The van der Waals surface area contributed by atoms with E-state index < -0.39 is 0 Å². The molecule has 4 nitrogen and oxygen atoms in total. The quantitative estimate of drug-likeness (QED) is 0.488. The minimum atomic E-state index is 0. The summed E-state index contributed by atoms with van der Waals surface area (Å²) in [5.41, 5.74) is 4.34. The van der Waals surface area contributed by atoms with Crippen LogP contribution in [0.2, 0.25) is 0 Å². The lowest BCUT2D eigenvalue weighted by Gasteiger charge is -2.37. The molecule has 2 aliphatic heterocycles. The standard InChI is InChI=1S/C23H30N2O2.2ClH/c1-26-22-14-19-8-13-25(17-20(19)15-23(22)27-2)21-9-11-24(12-10-21)16-18-6-4-3-5-7-18;;/h3-7,14-15,21H,8-13,16-17H2,1-2H3;2*1H. The zero-order chi connectivity index (χ0) is 18.6. The molecule has 2 aromatic carbocycles. The van der Waals surface area contributed by atoms with Gasteiger partial charge in [0.05, 0.1) is 39.9 Å². The maximum Gasteiger partial charge on any atom is 0.161 e. The van der Waals surface area contributed by atoms with Gasteiger partial charge in [-0.1, -0.05) is 30.3 Å². The minimum Gasteiger partial charge on any atom is -1.00 e. The Morgan fingerprint density at radius 2 is 1.48 bits per heavy atom. The zero-order valence-electron chi connectivity index (χ0n) is 17.3. The van der Waals surface area contributed by atoms with Gasteiger partial charge in [-0.15, -0.1) is 0 Å². The van der Waals surface area contributed by atoms with Crippen LogP contribution in [0, 0.1) is 0 Å². The van der Waals surface area contributed by atoms with Crippen LogP contribution in [0.1, 0.15) is 29.5 Å². The number of halogens is 2. The van der Waals surface area contributed by atoms with Gasteiger partial charge in [-0.2, -0.15) is 0 Å². The number of nitrogens with one attached hydrogen (secondary N) is 2. The van der Waals surface area contributed by atoms with Crippen LogP contribution in [0.5, 0.6) is 11.5 Å². The Morgan fingerprint density at radius 1 is 0.862 bits per heavy atom. The minimum absolute atomic E-state index is 0. The molecule has 0 aliphatic carbocycles. The number of quaternary nitrogens is 2. The third kappa shape index (κ3) is 5.58. The topological polar surface area (TPSA) is 27.3 Å². The van der Waals surface area contributed by atoms with Crippen LogP contribution in [-0.4, -0.2) is 39.9 Å². The molecule has 2 aliphatic rings. The van der Waals surface area contributed by atoms with Gasteiger partial charge >= 0.3 is 0 Å². The number of ether oxygens (including phenoxy) is 2. The van der Waals surface area contributed by atoms with Crippen molar-refractivity contribution in [3.8, 4) is 11.5 Å². The van der Waals surface area contributed by atoms with Crippen LogP contribution in [0.25, 0.3) is 0 Å². The lowest BCUT2D eigenvalue weighted by Crippen LogP contribution is -3.20. The van der Waals surface area contributed by atoms with Crippen molar-refractivity contribution in [2.45, 2.75) is 38.4 Å². The summed E-state index contributed by atoms with van der Waals surface area (Å²) in [7, 11) is 3.44. The first kappa shape index (κ1) is 23.8. The van der Waals surface area contributed by atoms with Crippen molar-refractivity contribution in [2.24, 2.45) is 0 Å². The number of hydrogen-bond donors (Lipinski definition) is 2. The predicted octanol–water partition coefficient (Wildman–Crippen LogP) is -5.10. The van der Waals surface area contributed by atoms with E-state index in [-0.39, 0.29) is 24.8 Å². The molecule has 0 spiro atoms. The molecule has 160 valence electrons. The van der Waals surface area contributed by atoms with Crippen LogP contribution in [0.15, 0.2) is 42.5 Å². The molecule has 1 unspecified atom stereocenters. The van der Waals surface area contributed by atoms with E-state index in [4.69, 9.17) is 9.47 Å². The van der Waals surface area contributed by atoms with Crippen LogP contribution in [-0.2, 0) is 19.5 Å². The number of likely N-dealkylation sites (tertiary alicyclic amines) is 1. The summed E-state index contributed by atoms with van der Waals surface area (Å²) in [6, 6.07) is 16.1. The van der Waals surface area contributed by atoms with E-state index in [1.807, 2.05) is 0 Å². The lowest BCUT2D eigenvalue weighted by atomic mass is 9.94. The lowest BCUT2D eigenvalue weighted by molar-refractivity contribution is -0.972. The van der Waals surface area contributed by atoms with E-state index in [2.05, 4.69) is 42.5 Å². The summed E-state index contributed by atoms with van der Waals surface area (Å²) in [4.78, 5) is 3.49. The number of methoxy groups -OCH3 is 2. The maximum atomic E-state index is 5.52. The van der Waals surface area contributed by atoms with Crippen LogP contribution >= 0.6 is 0 Å². The molecule has 6 heteroatoms. The SMILES string of the molecule is COc1cc2c(cc1OC)C[NH+](C1CC[NH+](Cc3ccccc3)CC1)CC2.[Cl-].[Cl-]. The fraction of sp³-hybridized carbons (Fsp3) is 0.478. The van der Waals surface area contributed by atoms with Gasteiger partial charge in [0.1, 0.15) is 13.1 Å². The van der Waals surface area contributed by atoms with Gasteiger partial charge in [0, 0.05) is 30.4 Å². The highest BCUT2D eigenvalue weighted by atomic mass is 35.5. The summed E-state index contributed by atoms with van der Waals surface area (Å²) in [6.45, 7) is 6.11. The normalized spacial score (nSPS) is 23.2. The molecule has 0 aromatic heterocycles. The van der Waals surface area contributed by atoms with Crippen LogP contribution in [0.3, 0.4) is 0 Å². The Labute approximate surface area is 187 Å². The van der Waals surface area contributed by atoms with E-state index in [1.54, 1.807) is 24.0 Å². The van der Waals surface area contributed by atoms with Crippen molar-refractivity contribution in [3.05, 3.63) is 59.2 Å². The third-order valence-corrected chi connectivity index (χ3v) is 6.41. The van der Waals surface area contributed by atoms with Gasteiger partial charge in [0.25, 0.3) is 0 Å². The van der Waals surface area contributed by atoms with E-state index in [9.17, 15) is 0 Å². The van der Waals surface area contributed by atoms with E-state index in [0.29, 0.717) is 0 Å². The van der Waals surface area contributed by atoms with Crippen molar-refractivity contribution >= 4 is 0 Å². The van der Waals surface area contributed by atoms with E-state index in [1.165, 1.54) is 55.7 Å². The predicted molar refractivity (Wildman–Crippen MR) is 107 cm³/mol. The van der Waals surface area contributed by atoms with Gasteiger partial charge in [-0.25, -0.2) is 0 Å². The smallest absolute Gasteiger partial charge is 0.161 e. The largest absolute Gasteiger partial charge is 1.00 e. The molecule has 1 saturated heterocycles. The molecule has 2 heterocycles. The van der Waals surface area contributed by atoms with Crippen LogP contribution < -0.4 is 44.1 Å². The Kier molecular flexibility index (Phi) is 9.09. The highest BCUT2D eigenvalue weighted by Gasteiger charge is 2.32. The Balaban J connectivity index is 0.00000150. The fourth-order valence-corrected chi connectivity index (χ4v) is 4.83. The molecular formula is C23H32Cl2N2O2. The van der Waals surface area contributed by atoms with E-state index in [0.717, 1.165) is 30.5 Å². The summed E-state index contributed by atoms with van der Waals surface area (Å²) in [6.07, 6.45) is 3.81. The average Bonchev–Trinajstić information content (AvgIpc) is 2.73. The molecule has 1 atom stereocenters. The summed E-state index contributed by atoms with van der Waals surface area (Å²) < 4.78 is 11.0. The summed E-state index contributed by atoms with van der Waals surface area (Å²) in [5, 5.41) is 0. The molecule has 0 bridgehead atoms. The molecule has 2 N–H and O–H groups in total. The van der Waals surface area contributed by atoms with Crippen molar-refractivity contribution in [1.29, 1.82) is 0 Å². The van der Waals surface area contributed by atoms with Crippen molar-refractivity contribution in [3.63, 3.8) is 0 Å². The second-order valence-corrected chi connectivity index (χ2v) is 8.00. The van der Waals surface area contributed by atoms with E-state index >= 15 is 0 Å². The molecule has 4 rings (SSSR count). The molecule has 1 fully saturated rings. The fourth-order valence-electron chi connectivity index (χ4n) is 4.83. The Morgan fingerprint density at radius 3 is 2.10 bits per heavy atom. The van der Waals surface area contributed by atoms with Crippen molar-refractivity contribution < 1.29 is 44.1 Å². The Bertz CT molecular complexity index is 765. The average molecular weight is 439 g/mol. The van der Waals surface area contributed by atoms with Crippen LogP contribution in [0.4, 0.5) is 0 Å². The molecule has 0 radical (unpaired) electrons. The Hall–Kier alpha value is -1.46. The second kappa shape index (κ2) is 11.1. The number of piperidine rings is 1. The first-order valence-electron chi connectivity index (χ1n) is 10.2. The zero-order valence-corrected chi connectivity index (χ0v) is 18.9. The molecule has 0 saturated carbocycles. The second-order valence-electron chi connectivity index (χ2n) is 8.00. The van der Waals surface area contributed by atoms with Gasteiger partial charge < -0.3 is 44.1 Å². The van der Waals surface area contributed by atoms with Gasteiger partial charge in [-0.05, 0) is 17.7 Å². The van der Waals surface area contributed by atoms with Gasteiger partial charge in [0.15, 0.2) is 11.5 Å². The third-order valence-electron chi connectivity index (χ3n) is 6.41. The molecular weight excluding hydrogens is 407 g/mol. The highest BCUT2D eigenvalue weighted by Crippen LogP contribution is 2.31. The highest BCUT2D eigenvalue weighted by molar-refractivity contribution is 5.47. The maximum absolute atomic E-state index is 5.52. The monoisotopic (exact) mass is 438 g/mol. The molecule has 2 aromatic rings. The number of fused-ring (bicyclic) bond motifs is 1. The number of rotatable bonds is 5. The summed E-state index contributed by atoms with van der Waals surface area (Å²) in [5.74, 6) is 1.72. The van der Waals surface area contributed by atoms with Crippen molar-refractivity contribution in [1.82, 2.24) is 0 Å². The first-order valence-corrected chi connectivity index (χ1v) is 10.2. The first-order chi connectivity index (χ1) is 13.3. The number of benzene rings is 2. The molecule has 0 amide bonds. The summed E-state index contributed by atoms with van der Waals surface area (Å²) >= 11 is 0. The van der Waals surface area contributed by atoms with Gasteiger partial charge in [-0.3, -0.25) is 0 Å².